The van der Waals surface area contributed by atoms with Gasteiger partial charge in [0.05, 0.1) is 0 Å². The second-order valence-electron chi connectivity index (χ2n) is 6.25. The van der Waals surface area contributed by atoms with Crippen molar-refractivity contribution in [1.29, 1.82) is 0 Å². The van der Waals surface area contributed by atoms with Gasteiger partial charge in [0.1, 0.15) is 0 Å². The molecule has 0 spiro atoms. The van der Waals surface area contributed by atoms with E-state index in [0.717, 1.165) is 31.1 Å². The Morgan fingerprint density at radius 3 is 2.95 bits per heavy atom. The number of ether oxygens (including phenoxy) is 1. The lowest BCUT2D eigenvalue weighted by atomic mass is 9.75. The Morgan fingerprint density at radius 2 is 2.21 bits per heavy atom. The molecule has 1 atom stereocenters. The predicted octanol–water partition coefficient (Wildman–Crippen LogP) is 3.26. The van der Waals surface area contributed by atoms with Gasteiger partial charge in [-0.15, -0.1) is 0 Å². The predicted molar refractivity (Wildman–Crippen MR) is 78.5 cm³/mol. The molecule has 1 saturated heterocycles. The van der Waals surface area contributed by atoms with Crippen LogP contribution in [0.3, 0.4) is 0 Å². The van der Waals surface area contributed by atoms with Crippen LogP contribution in [0.5, 0.6) is 0 Å². The van der Waals surface area contributed by atoms with E-state index < -0.39 is 0 Å². The van der Waals surface area contributed by atoms with Crippen molar-refractivity contribution in [2.45, 2.75) is 44.6 Å². The molecule has 2 heteroatoms. The van der Waals surface area contributed by atoms with Crippen molar-refractivity contribution < 1.29 is 4.74 Å². The zero-order valence-electron chi connectivity index (χ0n) is 11.9. The Kier molecular flexibility index (Phi) is 4.19. The molecule has 2 aliphatic rings. The van der Waals surface area contributed by atoms with Gasteiger partial charge in [0, 0.05) is 19.3 Å². The smallest absolute Gasteiger partial charge is 0.0495 e. The van der Waals surface area contributed by atoms with E-state index in [-0.39, 0.29) is 0 Å². The van der Waals surface area contributed by atoms with Gasteiger partial charge in [0.15, 0.2) is 0 Å². The van der Waals surface area contributed by atoms with Crippen LogP contribution in [0.1, 0.15) is 42.7 Å². The van der Waals surface area contributed by atoms with Crippen molar-refractivity contribution in [3.8, 4) is 0 Å². The summed E-state index contributed by atoms with van der Waals surface area (Å²) in [6.07, 6.45) is 5.17. The minimum absolute atomic E-state index is 0.743. The van der Waals surface area contributed by atoms with Crippen LogP contribution in [-0.4, -0.2) is 25.8 Å². The normalized spacial score (nSPS) is 30.3. The van der Waals surface area contributed by atoms with Crippen molar-refractivity contribution in [3.05, 3.63) is 35.4 Å². The summed E-state index contributed by atoms with van der Waals surface area (Å²) in [5.41, 5.74) is 2.91. The molecule has 3 rings (SSSR count). The zero-order chi connectivity index (χ0) is 13.1. The Labute approximate surface area is 116 Å². The van der Waals surface area contributed by atoms with Gasteiger partial charge in [-0.25, -0.2) is 0 Å². The standard InChI is InChI=1S/C17H25NO/c1-13-3-2-4-15(9-13)16-10-17(11-16)18-7-5-14-6-8-19-12-14/h2-4,9,14,16-18H,5-8,10-12H2,1H3. The van der Waals surface area contributed by atoms with Crippen LogP contribution in [0.2, 0.25) is 0 Å². The van der Waals surface area contributed by atoms with E-state index in [4.69, 9.17) is 4.74 Å². The topological polar surface area (TPSA) is 21.3 Å². The first-order valence-electron chi connectivity index (χ1n) is 7.69. The van der Waals surface area contributed by atoms with Crippen LogP contribution < -0.4 is 5.32 Å². The summed E-state index contributed by atoms with van der Waals surface area (Å²) in [5, 5.41) is 3.70. The van der Waals surface area contributed by atoms with Crippen molar-refractivity contribution >= 4 is 0 Å². The third kappa shape index (κ3) is 3.37. The number of hydrogen-bond acceptors (Lipinski definition) is 2. The molecule has 0 amide bonds. The van der Waals surface area contributed by atoms with Crippen molar-refractivity contribution in [3.63, 3.8) is 0 Å². The van der Waals surface area contributed by atoms with E-state index in [9.17, 15) is 0 Å². The monoisotopic (exact) mass is 259 g/mol. The number of nitrogens with one attached hydrogen (secondary N) is 1. The lowest BCUT2D eigenvalue weighted by Crippen LogP contribution is -2.40. The largest absolute Gasteiger partial charge is 0.381 e. The highest BCUT2D eigenvalue weighted by Crippen LogP contribution is 2.37. The molecule has 2 nitrogen and oxygen atoms in total. The van der Waals surface area contributed by atoms with E-state index in [1.54, 1.807) is 0 Å². The summed E-state index contributed by atoms with van der Waals surface area (Å²) >= 11 is 0. The third-order valence-electron chi connectivity index (χ3n) is 4.66. The van der Waals surface area contributed by atoms with Crippen LogP contribution in [0.15, 0.2) is 24.3 Å². The summed E-state index contributed by atoms with van der Waals surface area (Å²) in [4.78, 5) is 0. The zero-order valence-corrected chi connectivity index (χ0v) is 11.9. The summed E-state index contributed by atoms with van der Waals surface area (Å²) in [6, 6.07) is 9.74. The van der Waals surface area contributed by atoms with Gasteiger partial charge in [-0.3, -0.25) is 0 Å². The SMILES string of the molecule is Cc1cccc(C2CC(NCCC3CCOC3)C2)c1. The van der Waals surface area contributed by atoms with Gasteiger partial charge in [-0.05, 0) is 56.6 Å². The molecule has 0 radical (unpaired) electrons. The molecule has 1 saturated carbocycles. The molecule has 1 heterocycles. The Hall–Kier alpha value is -0.860. The molecule has 1 aromatic rings. The molecule has 0 bridgehead atoms. The summed E-state index contributed by atoms with van der Waals surface area (Å²) < 4.78 is 5.41. The molecule has 2 fully saturated rings. The Morgan fingerprint density at radius 1 is 1.32 bits per heavy atom. The average molecular weight is 259 g/mol. The quantitative estimate of drug-likeness (QED) is 0.876. The van der Waals surface area contributed by atoms with Gasteiger partial charge in [0.25, 0.3) is 0 Å². The van der Waals surface area contributed by atoms with Gasteiger partial charge in [-0.1, -0.05) is 29.8 Å². The fourth-order valence-electron chi connectivity index (χ4n) is 3.28. The number of benzene rings is 1. The fraction of sp³-hybridized carbons (Fsp3) is 0.647. The maximum Gasteiger partial charge on any atom is 0.0495 e. The maximum absolute atomic E-state index is 5.41. The molecule has 104 valence electrons. The summed E-state index contributed by atoms with van der Waals surface area (Å²) in [5.74, 6) is 1.59. The maximum atomic E-state index is 5.41. The van der Waals surface area contributed by atoms with E-state index in [1.165, 1.54) is 43.4 Å². The Balaban J connectivity index is 1.36. The Bertz CT molecular complexity index is 405. The molecule has 1 unspecified atom stereocenters. The molecule has 1 N–H and O–H groups in total. The van der Waals surface area contributed by atoms with Crippen LogP contribution in [0, 0.1) is 12.8 Å². The van der Waals surface area contributed by atoms with Gasteiger partial charge in [-0.2, -0.15) is 0 Å². The number of aryl methyl sites for hydroxylation is 1. The first-order valence-corrected chi connectivity index (χ1v) is 7.69. The molecule has 1 aromatic carbocycles. The number of hydrogen-bond donors (Lipinski definition) is 1. The van der Waals surface area contributed by atoms with E-state index in [0.29, 0.717) is 0 Å². The molecule has 1 aliphatic carbocycles. The molecule has 0 aromatic heterocycles. The summed E-state index contributed by atoms with van der Waals surface area (Å²) in [6.45, 7) is 5.31. The lowest BCUT2D eigenvalue weighted by Gasteiger charge is -2.36. The highest BCUT2D eigenvalue weighted by Gasteiger charge is 2.29. The van der Waals surface area contributed by atoms with Crippen molar-refractivity contribution in [2.75, 3.05) is 19.8 Å². The molecular formula is C17H25NO. The average Bonchev–Trinajstić information content (AvgIpc) is 2.85. The minimum Gasteiger partial charge on any atom is -0.381 e. The van der Waals surface area contributed by atoms with Gasteiger partial charge in [0.2, 0.25) is 0 Å². The van der Waals surface area contributed by atoms with E-state index in [2.05, 4.69) is 36.5 Å². The van der Waals surface area contributed by atoms with Gasteiger partial charge >= 0.3 is 0 Å². The van der Waals surface area contributed by atoms with Crippen LogP contribution in [0.25, 0.3) is 0 Å². The second kappa shape index (κ2) is 6.06. The highest BCUT2D eigenvalue weighted by atomic mass is 16.5. The summed E-state index contributed by atoms with van der Waals surface area (Å²) in [7, 11) is 0. The van der Waals surface area contributed by atoms with Crippen LogP contribution >= 0.6 is 0 Å². The van der Waals surface area contributed by atoms with E-state index in [1.807, 2.05) is 0 Å². The third-order valence-corrected chi connectivity index (χ3v) is 4.66. The second-order valence-corrected chi connectivity index (χ2v) is 6.25. The minimum atomic E-state index is 0.743. The van der Waals surface area contributed by atoms with Gasteiger partial charge < -0.3 is 10.1 Å². The number of rotatable bonds is 5. The van der Waals surface area contributed by atoms with Crippen molar-refractivity contribution in [1.82, 2.24) is 5.32 Å². The lowest BCUT2D eigenvalue weighted by molar-refractivity contribution is 0.183. The van der Waals surface area contributed by atoms with Crippen LogP contribution in [-0.2, 0) is 4.74 Å². The first-order chi connectivity index (χ1) is 9.31. The van der Waals surface area contributed by atoms with Crippen LogP contribution in [0.4, 0.5) is 0 Å². The van der Waals surface area contributed by atoms with E-state index >= 15 is 0 Å². The molecule has 19 heavy (non-hydrogen) atoms. The highest BCUT2D eigenvalue weighted by molar-refractivity contribution is 5.27. The fourth-order valence-corrected chi connectivity index (χ4v) is 3.28. The first kappa shape index (κ1) is 13.1. The molecule has 1 aliphatic heterocycles. The van der Waals surface area contributed by atoms with Crippen molar-refractivity contribution in [2.24, 2.45) is 5.92 Å². The molecular weight excluding hydrogens is 234 g/mol.